The largest absolute Gasteiger partial charge is 0.496 e. The fourth-order valence-corrected chi connectivity index (χ4v) is 5.43. The molecular weight excluding hydrogens is 504 g/mol. The van der Waals surface area contributed by atoms with Crippen LogP contribution in [-0.4, -0.2) is 35.2 Å². The maximum Gasteiger partial charge on any atom is 0.250 e. The monoisotopic (exact) mass is 522 g/mol. The van der Waals surface area contributed by atoms with E-state index >= 15 is 0 Å². The molecule has 0 aliphatic rings. The first kappa shape index (κ1) is 22.8. The van der Waals surface area contributed by atoms with E-state index in [0.29, 0.717) is 5.75 Å². The van der Waals surface area contributed by atoms with Crippen LogP contribution in [0.2, 0.25) is 0 Å². The van der Waals surface area contributed by atoms with Crippen LogP contribution in [0.25, 0.3) is 0 Å². The number of methoxy groups -OCH3 is 1. The van der Waals surface area contributed by atoms with Crippen LogP contribution < -0.4 is 10.2 Å². The number of benzene rings is 2. The Hall–Kier alpha value is -1.88. The number of aryl methyl sites for hydroxylation is 1. The van der Waals surface area contributed by atoms with E-state index in [1.165, 1.54) is 34.2 Å². The second-order valence-corrected chi connectivity index (χ2v) is 10.4. The van der Waals surface area contributed by atoms with Crippen LogP contribution in [0.15, 0.2) is 60.7 Å². The molecule has 3 aromatic rings. The normalized spacial score (nSPS) is 11.0. The summed E-state index contributed by atoms with van der Waals surface area (Å²) in [4.78, 5) is 12.0. The Morgan fingerprint density at radius 3 is 2.67 bits per heavy atom. The molecule has 0 bridgehead atoms. The predicted molar refractivity (Wildman–Crippen MR) is 128 cm³/mol. The molecule has 3 rings (SSSR count). The number of hydrogen-bond donors (Lipinski definition) is 1. The van der Waals surface area contributed by atoms with Gasteiger partial charge in [-0.15, -0.1) is 10.2 Å². The number of hydrogen-bond acceptors (Lipinski definition) is 8. The van der Waals surface area contributed by atoms with Gasteiger partial charge in [0.2, 0.25) is 0 Å². The maximum atomic E-state index is 12.0. The van der Waals surface area contributed by atoms with E-state index in [9.17, 15) is 4.79 Å². The summed E-state index contributed by atoms with van der Waals surface area (Å²) in [7, 11) is 1.59. The zero-order valence-corrected chi connectivity index (χ0v) is 20.3. The lowest BCUT2D eigenvalue weighted by Gasteiger charge is -2.04. The Kier molecular flexibility index (Phi) is 8.74. The fraction of sp³-hybridized carbons (Fsp3) is 0.200. The molecular formula is C20H19BrN4O2S3. The topological polar surface area (TPSA) is 76.5 Å². The highest BCUT2D eigenvalue weighted by Crippen LogP contribution is 2.30. The van der Waals surface area contributed by atoms with Crippen molar-refractivity contribution in [2.75, 3.05) is 12.9 Å². The minimum atomic E-state index is -0.214. The number of halogens is 1. The molecule has 1 N–H and O–H groups in total. The summed E-state index contributed by atoms with van der Waals surface area (Å²) in [5.74, 6) is 1.52. The van der Waals surface area contributed by atoms with Gasteiger partial charge < -0.3 is 4.74 Å². The second kappa shape index (κ2) is 11.5. The molecule has 0 unspecified atom stereocenters. The van der Waals surface area contributed by atoms with Gasteiger partial charge in [-0.2, -0.15) is 5.10 Å². The summed E-state index contributed by atoms with van der Waals surface area (Å²) in [5, 5.41) is 12.3. The van der Waals surface area contributed by atoms with Gasteiger partial charge in [-0.3, -0.25) is 4.79 Å². The first-order valence-electron chi connectivity index (χ1n) is 8.83. The number of nitrogens with zero attached hydrogens (tertiary/aromatic N) is 3. The number of thioether (sulfide) groups is 2. The Morgan fingerprint density at radius 2 is 1.93 bits per heavy atom. The van der Waals surface area contributed by atoms with Crippen LogP contribution in [0, 0.1) is 6.92 Å². The summed E-state index contributed by atoms with van der Waals surface area (Å²) in [6.07, 6.45) is 1.55. The summed E-state index contributed by atoms with van der Waals surface area (Å²) in [5.41, 5.74) is 5.78. The molecule has 6 nitrogen and oxygen atoms in total. The molecule has 10 heteroatoms. The van der Waals surface area contributed by atoms with E-state index in [4.69, 9.17) is 4.74 Å². The molecule has 1 heterocycles. The van der Waals surface area contributed by atoms with Gasteiger partial charge in [0.15, 0.2) is 8.68 Å². The third kappa shape index (κ3) is 7.12. The van der Waals surface area contributed by atoms with Gasteiger partial charge in [0.25, 0.3) is 5.91 Å². The lowest BCUT2D eigenvalue weighted by Crippen LogP contribution is -2.19. The highest BCUT2D eigenvalue weighted by atomic mass is 79.9. The molecule has 30 heavy (non-hydrogen) atoms. The van der Waals surface area contributed by atoms with E-state index in [1.54, 1.807) is 25.1 Å². The van der Waals surface area contributed by atoms with Gasteiger partial charge in [-0.25, -0.2) is 5.43 Å². The molecule has 0 spiro atoms. The first-order chi connectivity index (χ1) is 14.5. The standard InChI is InChI=1S/C20H19BrN4O2S3/c1-13-3-5-14(6-4-13)11-28-19-24-25-20(30-19)29-12-18(26)23-22-10-15-9-16(21)7-8-17(15)27-2/h3-10H,11-12H2,1-2H3,(H,23,26). The number of aromatic nitrogens is 2. The third-order valence-corrected chi connectivity index (χ3v) is 7.54. The number of ether oxygens (including phenoxy) is 1. The van der Waals surface area contributed by atoms with E-state index in [-0.39, 0.29) is 11.7 Å². The van der Waals surface area contributed by atoms with Gasteiger partial charge >= 0.3 is 0 Å². The molecule has 0 saturated carbocycles. The SMILES string of the molecule is COc1ccc(Br)cc1C=NNC(=O)CSc1nnc(SCc2ccc(C)cc2)s1. The molecule has 0 aliphatic carbocycles. The van der Waals surface area contributed by atoms with Crippen molar-refractivity contribution in [1.29, 1.82) is 0 Å². The van der Waals surface area contributed by atoms with Crippen LogP contribution in [0.5, 0.6) is 5.75 Å². The lowest BCUT2D eigenvalue weighted by molar-refractivity contribution is -0.118. The summed E-state index contributed by atoms with van der Waals surface area (Å²) in [6.45, 7) is 2.07. The molecule has 0 fully saturated rings. The maximum absolute atomic E-state index is 12.0. The average molecular weight is 524 g/mol. The van der Waals surface area contributed by atoms with Crippen molar-refractivity contribution in [3.05, 3.63) is 63.6 Å². The number of carbonyl (C=O) groups excluding carboxylic acids is 1. The van der Waals surface area contributed by atoms with Crippen molar-refractivity contribution in [3.8, 4) is 5.75 Å². The quantitative estimate of drug-likeness (QED) is 0.238. The van der Waals surface area contributed by atoms with E-state index in [0.717, 1.165) is 24.5 Å². The molecule has 0 aliphatic heterocycles. The summed E-state index contributed by atoms with van der Waals surface area (Å²) >= 11 is 7.88. The Bertz CT molecular complexity index is 1030. The van der Waals surface area contributed by atoms with Crippen LogP contribution in [-0.2, 0) is 10.5 Å². The first-order valence-corrected chi connectivity index (χ1v) is 12.4. The Balaban J connectivity index is 1.44. The van der Waals surface area contributed by atoms with Crippen molar-refractivity contribution >= 4 is 62.9 Å². The lowest BCUT2D eigenvalue weighted by atomic mass is 10.2. The smallest absolute Gasteiger partial charge is 0.250 e. The fourth-order valence-electron chi connectivity index (χ4n) is 2.28. The molecule has 2 aromatic carbocycles. The van der Waals surface area contributed by atoms with Crippen molar-refractivity contribution in [1.82, 2.24) is 15.6 Å². The van der Waals surface area contributed by atoms with Crippen LogP contribution >= 0.6 is 50.8 Å². The van der Waals surface area contributed by atoms with Gasteiger partial charge in [0.1, 0.15) is 5.75 Å². The molecule has 0 atom stereocenters. The summed E-state index contributed by atoms with van der Waals surface area (Å²) in [6, 6.07) is 14.0. The van der Waals surface area contributed by atoms with Crippen molar-refractivity contribution in [2.45, 2.75) is 21.4 Å². The summed E-state index contributed by atoms with van der Waals surface area (Å²) < 4.78 is 7.82. The molecule has 1 aromatic heterocycles. The zero-order valence-electron chi connectivity index (χ0n) is 16.3. The zero-order chi connectivity index (χ0) is 21.3. The van der Waals surface area contributed by atoms with Crippen molar-refractivity contribution < 1.29 is 9.53 Å². The number of amides is 1. The third-order valence-electron chi connectivity index (χ3n) is 3.78. The van der Waals surface area contributed by atoms with Gasteiger partial charge in [-0.1, -0.05) is 80.6 Å². The molecule has 0 saturated heterocycles. The van der Waals surface area contributed by atoms with Crippen molar-refractivity contribution in [3.63, 3.8) is 0 Å². The van der Waals surface area contributed by atoms with Crippen LogP contribution in [0.4, 0.5) is 0 Å². The van der Waals surface area contributed by atoms with Gasteiger partial charge in [0.05, 0.1) is 19.1 Å². The minimum absolute atomic E-state index is 0.213. The van der Waals surface area contributed by atoms with Crippen LogP contribution in [0.1, 0.15) is 16.7 Å². The Morgan fingerprint density at radius 1 is 1.20 bits per heavy atom. The van der Waals surface area contributed by atoms with Gasteiger partial charge in [-0.05, 0) is 30.7 Å². The van der Waals surface area contributed by atoms with E-state index in [1.807, 2.05) is 18.2 Å². The minimum Gasteiger partial charge on any atom is -0.496 e. The van der Waals surface area contributed by atoms with E-state index < -0.39 is 0 Å². The van der Waals surface area contributed by atoms with Crippen molar-refractivity contribution in [2.24, 2.45) is 5.10 Å². The molecule has 156 valence electrons. The second-order valence-electron chi connectivity index (χ2n) is 6.08. The number of nitrogens with one attached hydrogen (secondary N) is 1. The Labute approximate surface area is 196 Å². The number of hydrazone groups is 1. The number of rotatable bonds is 9. The highest BCUT2D eigenvalue weighted by molar-refractivity contribution is 9.10. The van der Waals surface area contributed by atoms with Crippen LogP contribution in [0.3, 0.4) is 0 Å². The highest BCUT2D eigenvalue weighted by Gasteiger charge is 2.09. The number of carbonyl (C=O) groups is 1. The molecule has 0 radical (unpaired) electrons. The molecule has 1 amide bonds. The van der Waals surface area contributed by atoms with E-state index in [2.05, 4.69) is 67.8 Å². The van der Waals surface area contributed by atoms with Gasteiger partial charge in [0, 0.05) is 15.8 Å². The predicted octanol–water partition coefficient (Wildman–Crippen LogP) is 5.15. The average Bonchev–Trinajstić information content (AvgIpc) is 3.20.